The maximum atomic E-state index is 9.44. The summed E-state index contributed by atoms with van der Waals surface area (Å²) < 4.78 is 28.3. The van der Waals surface area contributed by atoms with Crippen LogP contribution in [0.2, 0.25) is 0 Å². The molecule has 0 aromatic heterocycles. The van der Waals surface area contributed by atoms with Gasteiger partial charge in [0.25, 0.3) is 6.71 Å². The Morgan fingerprint density at radius 1 is 0.439 bits per heavy atom. The van der Waals surface area contributed by atoms with Crippen LogP contribution in [0.1, 0.15) is 202 Å². The van der Waals surface area contributed by atoms with Crippen LogP contribution in [0.15, 0.2) is 140 Å². The Labute approximate surface area is 497 Å². The van der Waals surface area contributed by atoms with Crippen LogP contribution in [0, 0.1) is 20.7 Å². The highest BCUT2D eigenvalue weighted by Crippen LogP contribution is 2.55. The number of rotatable bonds is 5. The molecule has 3 aliphatic carbocycles. The molecule has 2 aliphatic heterocycles. The molecule has 4 heteroatoms. The van der Waals surface area contributed by atoms with E-state index in [-0.39, 0.29) is 44.6 Å². The van der Waals surface area contributed by atoms with Crippen LogP contribution in [-0.2, 0) is 37.9 Å². The minimum absolute atomic E-state index is 0.0245. The minimum atomic E-state index is -2.42. The van der Waals surface area contributed by atoms with Crippen molar-refractivity contribution in [3.8, 4) is 11.1 Å². The second kappa shape index (κ2) is 17.9. The third-order valence-corrected chi connectivity index (χ3v) is 20.8. The molecule has 2 heterocycles. The first-order chi connectivity index (χ1) is 39.6. The van der Waals surface area contributed by atoms with Crippen LogP contribution in [0.25, 0.3) is 11.1 Å². The van der Waals surface area contributed by atoms with Crippen LogP contribution < -0.4 is 31.1 Å². The van der Waals surface area contributed by atoms with Crippen molar-refractivity contribution in [2.75, 3.05) is 14.7 Å². The Kier molecular flexibility index (Phi) is 11.1. The molecule has 0 amide bonds. The number of anilines is 9. The van der Waals surface area contributed by atoms with Gasteiger partial charge in [0.05, 0.1) is 0 Å². The lowest BCUT2D eigenvalue weighted by Crippen LogP contribution is -2.62. The van der Waals surface area contributed by atoms with Crippen LogP contribution in [0.5, 0.6) is 0 Å². The molecule has 0 N–H and O–H groups in total. The van der Waals surface area contributed by atoms with E-state index in [2.05, 4.69) is 267 Å². The van der Waals surface area contributed by atoms with Gasteiger partial charge in [0.1, 0.15) is 0 Å². The molecule has 5 aliphatic rings. The van der Waals surface area contributed by atoms with Crippen molar-refractivity contribution >= 4 is 74.3 Å². The molecular formula is C78H88BN3. The fraction of sp³-hybridized carbons (Fsp3) is 0.385. The summed E-state index contributed by atoms with van der Waals surface area (Å²) in [6.07, 6.45) is 4.39. The Bertz CT molecular complexity index is 4050. The molecule has 0 atom stereocenters. The molecule has 13 rings (SSSR count). The van der Waals surface area contributed by atoms with Gasteiger partial charge in [0.2, 0.25) is 0 Å². The van der Waals surface area contributed by atoms with E-state index in [1.54, 1.807) is 0 Å². The average Bonchev–Trinajstić information content (AvgIpc) is 1.06. The quantitative estimate of drug-likeness (QED) is 0.159. The molecule has 0 bridgehead atoms. The summed E-state index contributed by atoms with van der Waals surface area (Å²) in [5.74, 6) is 0. The molecule has 418 valence electrons. The molecule has 0 spiro atoms. The lowest BCUT2D eigenvalue weighted by atomic mass is 9.33. The van der Waals surface area contributed by atoms with Crippen molar-refractivity contribution in [2.45, 2.75) is 195 Å². The summed E-state index contributed by atoms with van der Waals surface area (Å²) in [5, 5.41) is 0. The fourth-order valence-corrected chi connectivity index (χ4v) is 15.5. The molecule has 82 heavy (non-hydrogen) atoms. The molecule has 0 fully saturated rings. The summed E-state index contributed by atoms with van der Waals surface area (Å²) in [5.41, 5.74) is 28.5. The van der Waals surface area contributed by atoms with Crippen LogP contribution in [0.3, 0.4) is 0 Å². The largest absolute Gasteiger partial charge is 0.311 e. The van der Waals surface area contributed by atoms with Gasteiger partial charge in [-0.15, -0.1) is 0 Å². The highest BCUT2D eigenvalue weighted by Gasteiger charge is 2.48. The zero-order chi connectivity index (χ0) is 60.8. The zero-order valence-corrected chi connectivity index (χ0v) is 52.5. The predicted molar refractivity (Wildman–Crippen MR) is 355 cm³/mol. The van der Waals surface area contributed by atoms with E-state index in [1.165, 1.54) is 77.7 Å². The van der Waals surface area contributed by atoms with E-state index in [4.69, 9.17) is 0 Å². The van der Waals surface area contributed by atoms with E-state index in [0.717, 1.165) is 82.3 Å². The molecule has 8 aromatic rings. The Balaban J connectivity index is 1.15. The van der Waals surface area contributed by atoms with E-state index in [0.29, 0.717) is 5.56 Å². The van der Waals surface area contributed by atoms with Gasteiger partial charge in [-0.2, -0.15) is 0 Å². The first-order valence-electron chi connectivity index (χ1n) is 32.1. The van der Waals surface area contributed by atoms with E-state index >= 15 is 0 Å². The van der Waals surface area contributed by atoms with Gasteiger partial charge in [0, 0.05) is 60.7 Å². The summed E-state index contributed by atoms with van der Waals surface area (Å²) >= 11 is 0. The van der Waals surface area contributed by atoms with Crippen molar-refractivity contribution < 1.29 is 4.11 Å². The van der Waals surface area contributed by atoms with Gasteiger partial charge < -0.3 is 14.7 Å². The van der Waals surface area contributed by atoms with E-state index < -0.39 is 6.85 Å². The summed E-state index contributed by atoms with van der Waals surface area (Å²) in [4.78, 5) is 7.43. The molecular weight excluding hydrogens is 990 g/mol. The maximum Gasteiger partial charge on any atom is 0.252 e. The first kappa shape index (κ1) is 50.9. The lowest BCUT2D eigenvalue weighted by Gasteiger charge is -2.48. The third kappa shape index (κ3) is 8.25. The highest BCUT2D eigenvalue weighted by molar-refractivity contribution is 7.00. The normalized spacial score (nSPS) is 18.9. The van der Waals surface area contributed by atoms with Gasteiger partial charge in [0.15, 0.2) is 0 Å². The van der Waals surface area contributed by atoms with Crippen LogP contribution >= 0.6 is 0 Å². The molecule has 0 unspecified atom stereocenters. The Hall–Kier alpha value is -6.78. The number of hydrogen-bond donors (Lipinski definition) is 0. The van der Waals surface area contributed by atoms with Gasteiger partial charge >= 0.3 is 0 Å². The van der Waals surface area contributed by atoms with Crippen molar-refractivity contribution in [3.05, 3.63) is 201 Å². The van der Waals surface area contributed by atoms with E-state index in [9.17, 15) is 4.11 Å². The van der Waals surface area contributed by atoms with Crippen molar-refractivity contribution in [1.29, 1.82) is 0 Å². The monoisotopic (exact) mass is 1080 g/mol. The fourth-order valence-electron chi connectivity index (χ4n) is 15.5. The van der Waals surface area contributed by atoms with Gasteiger partial charge in [-0.1, -0.05) is 184 Å². The van der Waals surface area contributed by atoms with Crippen molar-refractivity contribution in [2.24, 2.45) is 0 Å². The van der Waals surface area contributed by atoms with E-state index in [1.807, 2.05) is 12.1 Å². The average molecular weight is 1080 g/mol. The summed E-state index contributed by atoms with van der Waals surface area (Å²) in [6, 6.07) is 53.7. The maximum absolute atomic E-state index is 9.44. The Morgan fingerprint density at radius 3 is 1.48 bits per heavy atom. The number of aryl methyl sites for hydroxylation is 3. The third-order valence-electron chi connectivity index (χ3n) is 20.8. The summed E-state index contributed by atoms with van der Waals surface area (Å²) in [6.45, 7) is 39.7. The van der Waals surface area contributed by atoms with Crippen molar-refractivity contribution in [1.82, 2.24) is 0 Å². The number of hydrogen-bond acceptors (Lipinski definition) is 3. The minimum Gasteiger partial charge on any atom is -0.311 e. The van der Waals surface area contributed by atoms with Gasteiger partial charge in [-0.25, -0.2) is 0 Å². The molecule has 0 saturated carbocycles. The second-order valence-electron chi connectivity index (χ2n) is 30.7. The smallest absolute Gasteiger partial charge is 0.252 e. The van der Waals surface area contributed by atoms with Crippen LogP contribution in [0.4, 0.5) is 51.2 Å². The zero-order valence-electron chi connectivity index (χ0n) is 55.5. The van der Waals surface area contributed by atoms with Crippen molar-refractivity contribution in [3.63, 3.8) is 0 Å². The SMILES string of the molecule is [2H]C([2H])([2H])c1cc2c3c(c1)N(c1ccc4c(c1)C(C)(C)CCC4(C)C)c1cc4c(cc1B3c1ccc(N(c3ccc(C(C)(C)C)cc3C)c3ccc(C(C)(C)C)cc3C)cc1N2c1ccc2c(c1)-c1ccccc1C2(C)C)C(C)(C)CCC4(C)C. The Morgan fingerprint density at radius 2 is 0.927 bits per heavy atom. The number of benzene rings is 8. The standard InChI is InChI=1S/C78H88BN3/c1-47-38-69-71-70(39-47)82(53-27-30-59-60(43-53)75(12,13)35-34-74(59,10)11)68-46-62-61(76(14,15)36-37-77(62,16)17)45-64(68)79(71)63-31-28-54(44-67(63)81(69)52-26-29-58-56(42-52)55-22-20-21-23-57(55)78(58,18)19)80(65-32-24-50(40-48(65)2)72(4,5)6)66-33-25-51(41-49(66)3)73(7,8)9/h20-33,38-46H,34-37H2,1-19H3/i1D3. The summed E-state index contributed by atoms with van der Waals surface area (Å²) in [7, 11) is 0. The molecule has 0 radical (unpaired) electrons. The highest BCUT2D eigenvalue weighted by atomic mass is 15.2. The van der Waals surface area contributed by atoms with Crippen LogP contribution in [-0.4, -0.2) is 6.71 Å². The number of nitrogens with zero attached hydrogens (tertiary/aromatic N) is 3. The lowest BCUT2D eigenvalue weighted by molar-refractivity contribution is 0.332. The number of fused-ring (bicyclic) bond motifs is 9. The topological polar surface area (TPSA) is 9.72 Å². The molecule has 0 saturated heterocycles. The van der Waals surface area contributed by atoms with Gasteiger partial charge in [-0.05, 0) is 234 Å². The molecule has 3 nitrogen and oxygen atoms in total. The van der Waals surface area contributed by atoms with Gasteiger partial charge in [-0.3, -0.25) is 0 Å². The second-order valence-corrected chi connectivity index (χ2v) is 30.7. The molecule has 8 aromatic carbocycles. The first-order valence-corrected chi connectivity index (χ1v) is 30.6. The predicted octanol–water partition coefficient (Wildman–Crippen LogP) is 19.8.